The van der Waals surface area contributed by atoms with E-state index in [1.807, 2.05) is 36.4 Å². The number of nitrogens with one attached hydrogen (secondary N) is 1. The van der Waals surface area contributed by atoms with E-state index in [0.717, 1.165) is 16.9 Å². The molecule has 2 N–H and O–H groups in total. The lowest BCUT2D eigenvalue weighted by molar-refractivity contribution is -0.139. The van der Waals surface area contributed by atoms with E-state index in [1.54, 1.807) is 6.92 Å². The van der Waals surface area contributed by atoms with Gasteiger partial charge in [0, 0.05) is 6.54 Å². The highest BCUT2D eigenvalue weighted by Crippen LogP contribution is 2.16. The number of aryl methyl sites for hydroxylation is 1. The average molecular weight is 299 g/mol. The lowest BCUT2D eigenvalue weighted by atomic mass is 10.1. The van der Waals surface area contributed by atoms with Crippen molar-refractivity contribution >= 4 is 5.97 Å². The molecule has 116 valence electrons. The van der Waals surface area contributed by atoms with Crippen molar-refractivity contribution in [2.75, 3.05) is 0 Å². The normalized spacial score (nSPS) is 11.9. The summed E-state index contributed by atoms with van der Waals surface area (Å²) in [5.74, 6) is -0.0718. The molecule has 0 bridgehead atoms. The van der Waals surface area contributed by atoms with Gasteiger partial charge in [0.25, 0.3) is 0 Å². The van der Waals surface area contributed by atoms with Gasteiger partial charge in [0.15, 0.2) is 0 Å². The molecule has 4 nitrogen and oxygen atoms in total. The molecule has 0 radical (unpaired) electrons. The first kappa shape index (κ1) is 16.0. The zero-order valence-electron chi connectivity index (χ0n) is 12.9. The molecule has 0 aromatic heterocycles. The van der Waals surface area contributed by atoms with E-state index < -0.39 is 12.0 Å². The fourth-order valence-electron chi connectivity index (χ4n) is 2.04. The molecule has 4 heteroatoms. The average Bonchev–Trinajstić information content (AvgIpc) is 2.52. The van der Waals surface area contributed by atoms with Gasteiger partial charge in [-0.25, -0.2) is 0 Å². The number of carboxylic acids is 1. The van der Waals surface area contributed by atoms with Crippen molar-refractivity contribution in [2.45, 2.75) is 33.0 Å². The maximum absolute atomic E-state index is 10.8. The van der Waals surface area contributed by atoms with Crippen LogP contribution in [0.1, 0.15) is 23.6 Å². The van der Waals surface area contributed by atoms with E-state index in [2.05, 4.69) is 24.4 Å². The van der Waals surface area contributed by atoms with Gasteiger partial charge in [0.1, 0.15) is 18.4 Å². The summed E-state index contributed by atoms with van der Waals surface area (Å²) in [5.41, 5.74) is 3.36. The summed E-state index contributed by atoms with van der Waals surface area (Å²) in [6.07, 6.45) is 0. The van der Waals surface area contributed by atoms with Crippen molar-refractivity contribution in [1.29, 1.82) is 0 Å². The third-order valence-corrected chi connectivity index (χ3v) is 3.54. The van der Waals surface area contributed by atoms with Gasteiger partial charge in [-0.2, -0.15) is 0 Å². The third-order valence-electron chi connectivity index (χ3n) is 3.54. The summed E-state index contributed by atoms with van der Waals surface area (Å²) in [6.45, 7) is 4.71. The number of hydrogen-bond acceptors (Lipinski definition) is 3. The molecular weight excluding hydrogens is 278 g/mol. The van der Waals surface area contributed by atoms with Crippen molar-refractivity contribution in [2.24, 2.45) is 0 Å². The van der Waals surface area contributed by atoms with Gasteiger partial charge < -0.3 is 15.2 Å². The number of benzene rings is 2. The summed E-state index contributed by atoms with van der Waals surface area (Å²) in [5, 5.41) is 11.8. The molecule has 0 heterocycles. The van der Waals surface area contributed by atoms with Gasteiger partial charge >= 0.3 is 5.97 Å². The highest BCUT2D eigenvalue weighted by atomic mass is 16.5. The molecule has 2 rings (SSSR count). The van der Waals surface area contributed by atoms with Crippen LogP contribution in [0, 0.1) is 6.92 Å². The monoisotopic (exact) mass is 299 g/mol. The Morgan fingerprint density at radius 3 is 2.73 bits per heavy atom. The Kier molecular flexibility index (Phi) is 5.55. The lowest BCUT2D eigenvalue weighted by Gasteiger charge is -2.12. The topological polar surface area (TPSA) is 58.6 Å². The van der Waals surface area contributed by atoms with Crippen LogP contribution in [0.25, 0.3) is 0 Å². The van der Waals surface area contributed by atoms with Gasteiger partial charge in [0.05, 0.1) is 0 Å². The fraction of sp³-hybridized carbons (Fsp3) is 0.278. The number of rotatable bonds is 7. The zero-order valence-corrected chi connectivity index (χ0v) is 12.9. The summed E-state index contributed by atoms with van der Waals surface area (Å²) in [4.78, 5) is 10.8. The van der Waals surface area contributed by atoms with E-state index in [4.69, 9.17) is 9.84 Å². The Labute approximate surface area is 130 Å². The minimum atomic E-state index is -0.855. The van der Waals surface area contributed by atoms with Crippen LogP contribution in [0.15, 0.2) is 48.5 Å². The fourth-order valence-corrected chi connectivity index (χ4v) is 2.04. The molecule has 0 spiro atoms. The Bertz CT molecular complexity index is 640. The van der Waals surface area contributed by atoms with E-state index in [9.17, 15) is 4.79 Å². The van der Waals surface area contributed by atoms with Crippen molar-refractivity contribution in [3.05, 3.63) is 65.2 Å². The van der Waals surface area contributed by atoms with Crippen LogP contribution in [-0.4, -0.2) is 17.1 Å². The first-order chi connectivity index (χ1) is 10.6. The Morgan fingerprint density at radius 2 is 2.00 bits per heavy atom. The van der Waals surface area contributed by atoms with Crippen molar-refractivity contribution in [3.63, 3.8) is 0 Å². The SMILES string of the molecule is Cc1ccccc1COc1cccc(CN[C@H](C)C(=O)O)c1. The van der Waals surface area contributed by atoms with Crippen LogP contribution in [0.4, 0.5) is 0 Å². The molecular formula is C18H21NO3. The molecule has 0 saturated heterocycles. The smallest absolute Gasteiger partial charge is 0.320 e. The van der Waals surface area contributed by atoms with Crippen LogP contribution < -0.4 is 10.1 Å². The standard InChI is InChI=1S/C18H21NO3/c1-13-6-3-4-8-16(13)12-22-17-9-5-7-15(10-17)11-19-14(2)18(20)21/h3-10,14,19H,11-12H2,1-2H3,(H,20,21)/t14-/m1/s1. The Balaban J connectivity index is 1.94. The van der Waals surface area contributed by atoms with E-state index in [-0.39, 0.29) is 0 Å². The highest BCUT2D eigenvalue weighted by Gasteiger charge is 2.09. The maximum atomic E-state index is 10.8. The molecule has 0 aliphatic carbocycles. The van der Waals surface area contributed by atoms with Gasteiger partial charge in [0.2, 0.25) is 0 Å². The number of ether oxygens (including phenoxy) is 1. The zero-order chi connectivity index (χ0) is 15.9. The summed E-state index contributed by atoms with van der Waals surface area (Å²) in [6, 6.07) is 15.2. The number of carboxylic acid groups (broad SMARTS) is 1. The molecule has 2 aromatic rings. The summed E-state index contributed by atoms with van der Waals surface area (Å²) < 4.78 is 5.82. The second-order valence-electron chi connectivity index (χ2n) is 5.30. The molecule has 2 aromatic carbocycles. The lowest BCUT2D eigenvalue weighted by Crippen LogP contribution is -2.33. The molecule has 0 aliphatic rings. The summed E-state index contributed by atoms with van der Waals surface area (Å²) in [7, 11) is 0. The van der Waals surface area contributed by atoms with E-state index in [0.29, 0.717) is 13.2 Å². The molecule has 0 fully saturated rings. The second kappa shape index (κ2) is 7.61. The van der Waals surface area contributed by atoms with Crippen LogP contribution in [0.2, 0.25) is 0 Å². The van der Waals surface area contributed by atoms with Gasteiger partial charge in [-0.15, -0.1) is 0 Å². The van der Waals surface area contributed by atoms with Crippen molar-refractivity contribution in [1.82, 2.24) is 5.32 Å². The van der Waals surface area contributed by atoms with Crippen LogP contribution in [-0.2, 0) is 17.9 Å². The molecule has 0 unspecified atom stereocenters. The number of hydrogen-bond donors (Lipinski definition) is 2. The highest BCUT2D eigenvalue weighted by molar-refractivity contribution is 5.72. The third kappa shape index (κ3) is 4.60. The van der Waals surface area contributed by atoms with Gasteiger partial charge in [-0.05, 0) is 42.7 Å². The Hall–Kier alpha value is -2.33. The van der Waals surface area contributed by atoms with E-state index in [1.165, 1.54) is 5.56 Å². The quantitative estimate of drug-likeness (QED) is 0.824. The van der Waals surface area contributed by atoms with Crippen LogP contribution >= 0.6 is 0 Å². The maximum Gasteiger partial charge on any atom is 0.320 e. The predicted octanol–water partition coefficient (Wildman–Crippen LogP) is 3.14. The number of carbonyl (C=O) groups is 1. The van der Waals surface area contributed by atoms with Gasteiger partial charge in [-0.1, -0.05) is 36.4 Å². The minimum absolute atomic E-state index is 0.495. The van der Waals surface area contributed by atoms with Crippen molar-refractivity contribution in [3.8, 4) is 5.75 Å². The summed E-state index contributed by atoms with van der Waals surface area (Å²) >= 11 is 0. The largest absolute Gasteiger partial charge is 0.489 e. The second-order valence-corrected chi connectivity index (χ2v) is 5.30. The molecule has 22 heavy (non-hydrogen) atoms. The molecule has 1 atom stereocenters. The minimum Gasteiger partial charge on any atom is -0.489 e. The molecule has 0 aliphatic heterocycles. The number of aliphatic carboxylic acids is 1. The van der Waals surface area contributed by atoms with Crippen molar-refractivity contribution < 1.29 is 14.6 Å². The van der Waals surface area contributed by atoms with Gasteiger partial charge in [-0.3, -0.25) is 4.79 Å². The van der Waals surface area contributed by atoms with E-state index >= 15 is 0 Å². The molecule has 0 amide bonds. The predicted molar refractivity (Wildman–Crippen MR) is 85.9 cm³/mol. The van der Waals surface area contributed by atoms with Crippen LogP contribution in [0.5, 0.6) is 5.75 Å². The van der Waals surface area contributed by atoms with Crippen LogP contribution in [0.3, 0.4) is 0 Å². The first-order valence-corrected chi connectivity index (χ1v) is 7.28. The first-order valence-electron chi connectivity index (χ1n) is 7.28. The molecule has 0 saturated carbocycles. The Morgan fingerprint density at radius 1 is 1.23 bits per heavy atom.